The Kier molecular flexibility index (Phi) is 9.38. The molecule has 1 aromatic heterocycles. The largest absolute Gasteiger partial charge is 0.406 e. The van der Waals surface area contributed by atoms with Crippen molar-refractivity contribution in [2.75, 3.05) is 38.5 Å². The Morgan fingerprint density at radius 1 is 1.05 bits per heavy atom. The standard InChI is InChI=1S/C32H35ClF3N5O/c1-39(30(42)23-8-3-2-4-9-23)21-25(24-10-7-11-26(33)20-24)14-17-40-18-15-27(16-19-40)37-31-38-28-12-5-6-13-29(28)41(31)22-32(34,35)36/h2-13,20,25,27H,14-19,21-22H2,1H3,(H,37,38). The van der Waals surface area contributed by atoms with Crippen LogP contribution >= 0.6 is 11.6 Å². The molecule has 5 rings (SSSR count). The average molecular weight is 598 g/mol. The molecular formula is C32H35ClF3N5O. The van der Waals surface area contributed by atoms with Gasteiger partial charge in [0.15, 0.2) is 0 Å². The van der Waals surface area contributed by atoms with Crippen molar-refractivity contribution in [3.05, 3.63) is 95.0 Å². The fourth-order valence-corrected chi connectivity index (χ4v) is 5.88. The van der Waals surface area contributed by atoms with E-state index in [-0.39, 0.29) is 23.8 Å². The number of fused-ring (bicyclic) bond motifs is 1. The maximum Gasteiger partial charge on any atom is 0.406 e. The van der Waals surface area contributed by atoms with E-state index in [4.69, 9.17) is 11.6 Å². The number of hydrogen-bond acceptors (Lipinski definition) is 4. The Bertz CT molecular complexity index is 1480. The number of nitrogens with one attached hydrogen (secondary N) is 1. The van der Waals surface area contributed by atoms with Gasteiger partial charge in [-0.2, -0.15) is 13.2 Å². The van der Waals surface area contributed by atoms with Crippen molar-refractivity contribution >= 4 is 34.5 Å². The topological polar surface area (TPSA) is 53.4 Å². The second-order valence-electron chi connectivity index (χ2n) is 11.0. The van der Waals surface area contributed by atoms with Crippen molar-refractivity contribution in [1.29, 1.82) is 0 Å². The van der Waals surface area contributed by atoms with E-state index >= 15 is 0 Å². The number of hydrogen-bond donors (Lipinski definition) is 1. The Morgan fingerprint density at radius 3 is 2.48 bits per heavy atom. The van der Waals surface area contributed by atoms with Gasteiger partial charge in [-0.1, -0.05) is 54.1 Å². The molecule has 0 spiro atoms. The summed E-state index contributed by atoms with van der Waals surface area (Å²) in [5, 5.41) is 3.96. The number of nitrogens with zero attached hydrogens (tertiary/aromatic N) is 4. The zero-order chi connectivity index (χ0) is 29.7. The van der Waals surface area contributed by atoms with E-state index in [9.17, 15) is 18.0 Å². The van der Waals surface area contributed by atoms with Crippen LogP contribution in [-0.4, -0.2) is 70.7 Å². The van der Waals surface area contributed by atoms with Gasteiger partial charge in [-0.25, -0.2) is 4.98 Å². The molecule has 1 N–H and O–H groups in total. The number of piperidine rings is 1. The molecule has 3 aromatic carbocycles. The van der Waals surface area contributed by atoms with Crippen molar-refractivity contribution in [3.8, 4) is 0 Å². The van der Waals surface area contributed by atoms with Crippen molar-refractivity contribution in [2.24, 2.45) is 0 Å². The first-order chi connectivity index (χ1) is 20.2. The van der Waals surface area contributed by atoms with Crippen molar-refractivity contribution in [2.45, 2.75) is 43.9 Å². The summed E-state index contributed by atoms with van der Waals surface area (Å²) in [5.41, 5.74) is 2.76. The van der Waals surface area contributed by atoms with Gasteiger partial charge in [-0.05, 0) is 67.8 Å². The second-order valence-corrected chi connectivity index (χ2v) is 11.4. The van der Waals surface area contributed by atoms with Gasteiger partial charge in [0.2, 0.25) is 5.95 Å². The molecule has 222 valence electrons. The summed E-state index contributed by atoms with van der Waals surface area (Å²) in [6, 6.07) is 24.0. The molecule has 1 fully saturated rings. The molecule has 1 atom stereocenters. The molecule has 0 aliphatic carbocycles. The van der Waals surface area contributed by atoms with Gasteiger partial charge in [-0.15, -0.1) is 0 Å². The van der Waals surface area contributed by atoms with Crippen molar-refractivity contribution in [1.82, 2.24) is 19.4 Å². The van der Waals surface area contributed by atoms with E-state index in [2.05, 4.69) is 21.3 Å². The van der Waals surface area contributed by atoms with Crippen LogP contribution in [-0.2, 0) is 6.54 Å². The first-order valence-corrected chi connectivity index (χ1v) is 14.6. The Hall–Kier alpha value is -3.56. The van der Waals surface area contributed by atoms with Crippen LogP contribution in [0.5, 0.6) is 0 Å². The SMILES string of the molecule is CN(CC(CCN1CCC(Nc2nc3ccccc3n2CC(F)(F)F)CC1)c1cccc(Cl)c1)C(=O)c1ccccc1. The normalized spacial score (nSPS) is 15.5. The molecule has 0 saturated carbocycles. The number of para-hydroxylation sites is 2. The molecule has 1 unspecified atom stereocenters. The lowest BCUT2D eigenvalue weighted by Crippen LogP contribution is -2.41. The highest BCUT2D eigenvalue weighted by atomic mass is 35.5. The van der Waals surface area contributed by atoms with Crippen LogP contribution in [0.1, 0.15) is 41.1 Å². The number of likely N-dealkylation sites (N-methyl/N-ethyl adjacent to an activating group) is 1. The molecule has 1 amide bonds. The monoisotopic (exact) mass is 597 g/mol. The van der Waals surface area contributed by atoms with Crippen LogP contribution in [0.4, 0.5) is 19.1 Å². The Balaban J connectivity index is 1.20. The molecule has 1 aliphatic rings. The number of alkyl halides is 3. The Morgan fingerprint density at radius 2 is 1.76 bits per heavy atom. The summed E-state index contributed by atoms with van der Waals surface area (Å²) in [5.74, 6) is 0.338. The van der Waals surface area contributed by atoms with Gasteiger partial charge in [0.1, 0.15) is 6.54 Å². The third-order valence-electron chi connectivity index (χ3n) is 7.89. The lowest BCUT2D eigenvalue weighted by molar-refractivity contribution is -0.139. The van der Waals surface area contributed by atoms with E-state index in [1.807, 2.05) is 55.6 Å². The number of carbonyl (C=O) groups excluding carboxylic acids is 1. The van der Waals surface area contributed by atoms with Crippen LogP contribution in [0, 0.1) is 0 Å². The summed E-state index contributed by atoms with van der Waals surface area (Å²) < 4.78 is 41.3. The first kappa shape index (κ1) is 29.9. The second kappa shape index (κ2) is 13.2. The zero-order valence-corrected chi connectivity index (χ0v) is 24.3. The molecule has 1 saturated heterocycles. The van der Waals surface area contributed by atoms with E-state index in [1.54, 1.807) is 29.2 Å². The lowest BCUT2D eigenvalue weighted by Gasteiger charge is -2.34. The van der Waals surface area contributed by atoms with Gasteiger partial charge >= 0.3 is 6.18 Å². The Labute approximate surface area is 249 Å². The quantitative estimate of drug-likeness (QED) is 0.212. The smallest absolute Gasteiger partial charge is 0.353 e. The van der Waals surface area contributed by atoms with Crippen LogP contribution in [0.2, 0.25) is 5.02 Å². The predicted molar refractivity (Wildman–Crippen MR) is 161 cm³/mol. The number of anilines is 1. The molecule has 0 radical (unpaired) electrons. The van der Waals surface area contributed by atoms with Crippen molar-refractivity contribution in [3.63, 3.8) is 0 Å². The maximum absolute atomic E-state index is 13.3. The molecule has 42 heavy (non-hydrogen) atoms. The van der Waals surface area contributed by atoms with Gasteiger partial charge < -0.3 is 19.7 Å². The number of benzene rings is 3. The highest BCUT2D eigenvalue weighted by molar-refractivity contribution is 6.30. The van der Waals surface area contributed by atoms with Gasteiger partial charge in [0, 0.05) is 49.2 Å². The van der Waals surface area contributed by atoms with Crippen LogP contribution in [0.3, 0.4) is 0 Å². The molecule has 10 heteroatoms. The molecule has 4 aromatic rings. The highest BCUT2D eigenvalue weighted by Gasteiger charge is 2.31. The van der Waals surface area contributed by atoms with Crippen LogP contribution in [0.25, 0.3) is 11.0 Å². The minimum atomic E-state index is -4.34. The summed E-state index contributed by atoms with van der Waals surface area (Å²) in [4.78, 5) is 21.7. The zero-order valence-electron chi connectivity index (χ0n) is 23.5. The highest BCUT2D eigenvalue weighted by Crippen LogP contribution is 2.28. The average Bonchev–Trinajstić information content (AvgIpc) is 3.31. The minimum Gasteiger partial charge on any atom is -0.353 e. The number of amides is 1. The van der Waals surface area contributed by atoms with Crippen LogP contribution < -0.4 is 5.32 Å². The minimum absolute atomic E-state index is 0.0222. The number of halogens is 4. The summed E-state index contributed by atoms with van der Waals surface area (Å²) in [7, 11) is 1.83. The third kappa shape index (κ3) is 7.63. The molecular weight excluding hydrogens is 563 g/mol. The summed E-state index contributed by atoms with van der Waals surface area (Å²) >= 11 is 6.32. The van der Waals surface area contributed by atoms with E-state index in [0.717, 1.165) is 44.5 Å². The van der Waals surface area contributed by atoms with E-state index < -0.39 is 12.7 Å². The maximum atomic E-state index is 13.3. The fourth-order valence-electron chi connectivity index (χ4n) is 5.69. The molecule has 0 bridgehead atoms. The first-order valence-electron chi connectivity index (χ1n) is 14.2. The van der Waals surface area contributed by atoms with Gasteiger partial charge in [-0.3, -0.25) is 4.79 Å². The van der Waals surface area contributed by atoms with Gasteiger partial charge in [0.05, 0.1) is 11.0 Å². The van der Waals surface area contributed by atoms with Gasteiger partial charge in [0.25, 0.3) is 5.91 Å². The third-order valence-corrected chi connectivity index (χ3v) is 8.12. The number of imidazole rings is 1. The number of carbonyl (C=O) groups is 1. The fraction of sp³-hybridized carbons (Fsp3) is 0.375. The summed E-state index contributed by atoms with van der Waals surface area (Å²) in [6.45, 7) is 1.95. The van der Waals surface area contributed by atoms with Crippen LogP contribution in [0.15, 0.2) is 78.9 Å². The summed E-state index contributed by atoms with van der Waals surface area (Å²) in [6.07, 6.45) is -1.91. The predicted octanol–water partition coefficient (Wildman–Crippen LogP) is 7.07. The van der Waals surface area contributed by atoms with E-state index in [0.29, 0.717) is 28.2 Å². The number of likely N-dealkylation sites (tertiary alicyclic amines) is 1. The van der Waals surface area contributed by atoms with Crippen molar-refractivity contribution < 1.29 is 18.0 Å². The molecule has 2 heterocycles. The van der Waals surface area contributed by atoms with E-state index in [1.165, 1.54) is 4.57 Å². The number of aromatic nitrogens is 2. The molecule has 1 aliphatic heterocycles. The lowest BCUT2D eigenvalue weighted by atomic mass is 9.94. The number of rotatable bonds is 10. The molecule has 6 nitrogen and oxygen atoms in total.